The maximum absolute atomic E-state index is 11.2. The molecule has 0 aromatic rings. The SMILES string of the molecule is CCCCCCCCCC(=O)NCCC(=O)[O-].[Na+]. The van der Waals surface area contributed by atoms with Gasteiger partial charge in [0.2, 0.25) is 5.91 Å². The van der Waals surface area contributed by atoms with Gasteiger partial charge in [0.05, 0.1) is 0 Å². The van der Waals surface area contributed by atoms with Crippen LogP contribution in [0.3, 0.4) is 0 Å². The molecule has 0 fully saturated rings. The molecular weight excluding hydrogens is 241 g/mol. The number of amides is 1. The van der Waals surface area contributed by atoms with Crippen LogP contribution in [0.2, 0.25) is 0 Å². The van der Waals surface area contributed by atoms with Gasteiger partial charge in [-0.05, 0) is 6.42 Å². The molecule has 0 bridgehead atoms. The van der Waals surface area contributed by atoms with Crippen LogP contribution in [-0.4, -0.2) is 18.4 Å². The summed E-state index contributed by atoms with van der Waals surface area (Å²) < 4.78 is 0. The van der Waals surface area contributed by atoms with Gasteiger partial charge in [-0.1, -0.05) is 45.4 Å². The second kappa shape index (κ2) is 15.0. The number of unbranched alkanes of at least 4 members (excludes halogenated alkanes) is 6. The zero-order valence-corrected chi connectivity index (χ0v) is 13.8. The minimum absolute atomic E-state index is 0. The molecule has 0 aromatic heterocycles. The van der Waals surface area contributed by atoms with Crippen molar-refractivity contribution in [2.45, 2.75) is 64.7 Å². The number of carboxylic acid groups (broad SMARTS) is 1. The van der Waals surface area contributed by atoms with E-state index in [0.29, 0.717) is 6.42 Å². The van der Waals surface area contributed by atoms with Gasteiger partial charge in [0, 0.05) is 25.4 Å². The van der Waals surface area contributed by atoms with Crippen molar-refractivity contribution in [1.29, 1.82) is 0 Å². The van der Waals surface area contributed by atoms with Crippen molar-refractivity contribution in [3.8, 4) is 0 Å². The van der Waals surface area contributed by atoms with Gasteiger partial charge in [-0.2, -0.15) is 0 Å². The standard InChI is InChI=1S/C13H25NO3.Na/c1-2-3-4-5-6-7-8-9-12(15)14-11-10-13(16)17;/h2-11H2,1H3,(H,14,15)(H,16,17);/q;+1/p-1. The van der Waals surface area contributed by atoms with E-state index in [0.717, 1.165) is 12.8 Å². The molecule has 0 atom stereocenters. The first-order chi connectivity index (χ1) is 8.16. The normalized spacial score (nSPS) is 9.61. The molecule has 18 heavy (non-hydrogen) atoms. The van der Waals surface area contributed by atoms with Crippen molar-refractivity contribution in [3.05, 3.63) is 0 Å². The Balaban J connectivity index is 0. The number of carbonyl (C=O) groups is 2. The summed E-state index contributed by atoms with van der Waals surface area (Å²) in [7, 11) is 0. The van der Waals surface area contributed by atoms with Crippen molar-refractivity contribution in [2.24, 2.45) is 0 Å². The van der Waals surface area contributed by atoms with Gasteiger partial charge in [0.1, 0.15) is 0 Å². The van der Waals surface area contributed by atoms with E-state index in [1.54, 1.807) is 0 Å². The van der Waals surface area contributed by atoms with Crippen LogP contribution < -0.4 is 40.0 Å². The zero-order chi connectivity index (χ0) is 12.9. The first kappa shape index (κ1) is 20.3. The van der Waals surface area contributed by atoms with Gasteiger partial charge >= 0.3 is 29.6 Å². The van der Waals surface area contributed by atoms with Crippen LogP contribution in [0.5, 0.6) is 0 Å². The molecule has 0 saturated carbocycles. The third-order valence-electron chi connectivity index (χ3n) is 2.66. The van der Waals surface area contributed by atoms with Gasteiger partial charge in [-0.3, -0.25) is 4.79 Å². The second-order valence-electron chi connectivity index (χ2n) is 4.34. The van der Waals surface area contributed by atoms with Crippen molar-refractivity contribution in [3.63, 3.8) is 0 Å². The van der Waals surface area contributed by atoms with E-state index in [-0.39, 0.29) is 48.4 Å². The Morgan fingerprint density at radius 2 is 1.50 bits per heavy atom. The van der Waals surface area contributed by atoms with Crippen molar-refractivity contribution in [2.75, 3.05) is 6.54 Å². The van der Waals surface area contributed by atoms with Gasteiger partial charge in [-0.15, -0.1) is 0 Å². The third-order valence-corrected chi connectivity index (χ3v) is 2.66. The summed E-state index contributed by atoms with van der Waals surface area (Å²) in [6, 6.07) is 0. The van der Waals surface area contributed by atoms with E-state index in [1.807, 2.05) is 0 Å². The molecular formula is C13H24NNaO3. The molecule has 1 N–H and O–H groups in total. The quantitative estimate of drug-likeness (QED) is 0.361. The van der Waals surface area contributed by atoms with Crippen LogP contribution in [0.1, 0.15) is 64.7 Å². The van der Waals surface area contributed by atoms with Crippen molar-refractivity contribution in [1.82, 2.24) is 5.32 Å². The third kappa shape index (κ3) is 15.9. The van der Waals surface area contributed by atoms with Crippen LogP contribution in [0.25, 0.3) is 0 Å². The summed E-state index contributed by atoms with van der Waals surface area (Å²) >= 11 is 0. The molecule has 100 valence electrons. The van der Waals surface area contributed by atoms with Gasteiger partial charge in [-0.25, -0.2) is 0 Å². The summed E-state index contributed by atoms with van der Waals surface area (Å²) in [6.45, 7) is 2.37. The van der Waals surface area contributed by atoms with Crippen LogP contribution in [0, 0.1) is 0 Å². The largest absolute Gasteiger partial charge is 1.00 e. The molecule has 0 radical (unpaired) electrons. The molecule has 0 aromatic carbocycles. The number of aliphatic carboxylic acids is 1. The Kier molecular flexibility index (Phi) is 16.9. The number of carbonyl (C=O) groups excluding carboxylic acids is 2. The number of rotatable bonds is 11. The summed E-state index contributed by atoms with van der Waals surface area (Å²) in [5, 5.41) is 12.7. The Morgan fingerprint density at radius 1 is 0.944 bits per heavy atom. The van der Waals surface area contributed by atoms with Crippen LogP contribution in [0.15, 0.2) is 0 Å². The Bertz CT molecular complexity index is 222. The zero-order valence-electron chi connectivity index (χ0n) is 11.8. The molecule has 0 aliphatic rings. The van der Waals surface area contributed by atoms with Crippen molar-refractivity contribution < 1.29 is 44.3 Å². The molecule has 0 aliphatic heterocycles. The number of nitrogens with one attached hydrogen (secondary N) is 1. The van der Waals surface area contributed by atoms with E-state index in [9.17, 15) is 14.7 Å². The fourth-order valence-electron chi connectivity index (χ4n) is 1.64. The molecule has 5 heteroatoms. The predicted molar refractivity (Wildman–Crippen MR) is 65.2 cm³/mol. The van der Waals surface area contributed by atoms with Gasteiger partial charge < -0.3 is 15.2 Å². The predicted octanol–water partition coefficient (Wildman–Crippen LogP) is -1.61. The monoisotopic (exact) mass is 265 g/mol. The Labute approximate surface area is 132 Å². The summed E-state index contributed by atoms with van der Waals surface area (Å²) in [5.74, 6) is -1.18. The number of carboxylic acids is 1. The molecule has 0 rings (SSSR count). The van der Waals surface area contributed by atoms with E-state index in [1.165, 1.54) is 32.1 Å². The minimum Gasteiger partial charge on any atom is -0.550 e. The minimum atomic E-state index is -1.12. The van der Waals surface area contributed by atoms with Crippen LogP contribution in [-0.2, 0) is 9.59 Å². The average molecular weight is 265 g/mol. The van der Waals surface area contributed by atoms with Crippen molar-refractivity contribution >= 4 is 11.9 Å². The van der Waals surface area contributed by atoms with Crippen LogP contribution >= 0.6 is 0 Å². The van der Waals surface area contributed by atoms with E-state index in [4.69, 9.17) is 0 Å². The Hall–Kier alpha value is -0.0600. The number of hydrogen-bond acceptors (Lipinski definition) is 3. The Morgan fingerprint density at radius 3 is 2.06 bits per heavy atom. The fraction of sp³-hybridized carbons (Fsp3) is 0.846. The molecule has 4 nitrogen and oxygen atoms in total. The smallest absolute Gasteiger partial charge is 0.550 e. The second-order valence-corrected chi connectivity index (χ2v) is 4.34. The summed E-state index contributed by atoms with van der Waals surface area (Å²) in [4.78, 5) is 21.3. The average Bonchev–Trinajstić information content (AvgIpc) is 2.27. The number of hydrogen-bond donors (Lipinski definition) is 1. The first-order valence-electron chi connectivity index (χ1n) is 6.63. The maximum Gasteiger partial charge on any atom is 1.00 e. The summed E-state index contributed by atoms with van der Waals surface area (Å²) in [6.07, 6.45) is 8.63. The molecule has 1 amide bonds. The molecule has 0 saturated heterocycles. The van der Waals surface area contributed by atoms with E-state index in [2.05, 4.69) is 12.2 Å². The van der Waals surface area contributed by atoms with Gasteiger partial charge in [0.15, 0.2) is 0 Å². The molecule has 0 heterocycles. The topological polar surface area (TPSA) is 69.2 Å². The first-order valence-corrected chi connectivity index (χ1v) is 6.63. The van der Waals surface area contributed by atoms with Crippen LogP contribution in [0.4, 0.5) is 0 Å². The fourth-order valence-corrected chi connectivity index (χ4v) is 1.64. The summed E-state index contributed by atoms with van der Waals surface area (Å²) in [5.41, 5.74) is 0. The molecule has 0 unspecified atom stereocenters. The molecule has 0 spiro atoms. The van der Waals surface area contributed by atoms with E-state index < -0.39 is 5.97 Å². The van der Waals surface area contributed by atoms with E-state index >= 15 is 0 Å². The maximum atomic E-state index is 11.2. The molecule has 0 aliphatic carbocycles. The van der Waals surface area contributed by atoms with Gasteiger partial charge in [0.25, 0.3) is 0 Å².